The summed E-state index contributed by atoms with van der Waals surface area (Å²) < 4.78 is 17.1. The maximum Gasteiger partial charge on any atom is 0.338 e. The number of hydrazone groups is 1. The number of benzene rings is 4. The number of carbonyl (C=O) groups is 2. The fourth-order valence-electron chi connectivity index (χ4n) is 4.97. The van der Waals surface area contributed by atoms with E-state index in [1.165, 1.54) is 6.21 Å². The molecule has 0 saturated heterocycles. The number of amides is 1. The van der Waals surface area contributed by atoms with Crippen LogP contribution in [0.4, 0.5) is 0 Å². The first-order chi connectivity index (χ1) is 22.2. The second-order valence-corrected chi connectivity index (χ2v) is 11.4. The van der Waals surface area contributed by atoms with Gasteiger partial charge < -0.3 is 24.8 Å². The largest absolute Gasteiger partial charge is 0.486 e. The molecule has 0 spiro atoms. The van der Waals surface area contributed by atoms with Crippen LogP contribution >= 0.6 is 35.4 Å². The average Bonchev–Trinajstić information content (AvgIpc) is 3.03. The molecule has 4 aromatic carbocycles. The second kappa shape index (κ2) is 15.1. The zero-order valence-electron chi connectivity index (χ0n) is 24.9. The normalized spacial score (nSPS) is 14.5. The number of hydrogen-bond donors (Lipinski definition) is 3. The van der Waals surface area contributed by atoms with Crippen LogP contribution in [0.15, 0.2) is 95.2 Å². The number of nitrogens with zero attached hydrogens (tertiary/aromatic N) is 1. The standard InChI is InChI=1S/C34H30Cl2N4O5S/c1-3-43-33(42)30-20(2)38-34(46)39-31(30)25-13-6-7-14-28(25)44-19-29(41)40-37-17-21-15-26(35)32(27(36)16-21)45-18-23-11-8-10-22-9-4-5-12-24(22)23/h4-17,31H,3,18-19H2,1-2H3,(H,40,41)(H2,38,39,46)/t31-/m0/s1. The topological polar surface area (TPSA) is 110 Å². The molecule has 1 aliphatic heterocycles. The number of esters is 1. The van der Waals surface area contributed by atoms with Crippen molar-refractivity contribution in [3.05, 3.63) is 117 Å². The van der Waals surface area contributed by atoms with Gasteiger partial charge in [-0.3, -0.25) is 4.79 Å². The van der Waals surface area contributed by atoms with Gasteiger partial charge in [-0.1, -0.05) is 83.9 Å². The van der Waals surface area contributed by atoms with Gasteiger partial charge in [0.2, 0.25) is 0 Å². The summed E-state index contributed by atoms with van der Waals surface area (Å²) in [6.07, 6.45) is 1.41. The van der Waals surface area contributed by atoms with Crippen molar-refractivity contribution in [3.8, 4) is 11.5 Å². The van der Waals surface area contributed by atoms with Crippen LogP contribution in [0.2, 0.25) is 10.0 Å². The van der Waals surface area contributed by atoms with Gasteiger partial charge in [0, 0.05) is 11.3 Å². The number of fused-ring (bicyclic) bond motifs is 1. The van der Waals surface area contributed by atoms with E-state index < -0.39 is 17.9 Å². The van der Waals surface area contributed by atoms with Crippen molar-refractivity contribution in [3.63, 3.8) is 0 Å². The van der Waals surface area contributed by atoms with Gasteiger partial charge in [-0.05, 0) is 66.2 Å². The Morgan fingerprint density at radius 1 is 1.00 bits per heavy atom. The summed E-state index contributed by atoms with van der Waals surface area (Å²) >= 11 is 18.3. The highest BCUT2D eigenvalue weighted by Gasteiger charge is 2.32. The number of nitrogens with one attached hydrogen (secondary N) is 3. The van der Waals surface area contributed by atoms with Crippen LogP contribution in [0.3, 0.4) is 0 Å². The van der Waals surface area contributed by atoms with Gasteiger partial charge >= 0.3 is 5.97 Å². The van der Waals surface area contributed by atoms with Crippen LogP contribution in [-0.4, -0.2) is 36.4 Å². The Labute approximate surface area is 281 Å². The Morgan fingerprint density at radius 2 is 1.72 bits per heavy atom. The van der Waals surface area contributed by atoms with E-state index >= 15 is 0 Å². The van der Waals surface area contributed by atoms with Crippen molar-refractivity contribution in [1.29, 1.82) is 0 Å². The minimum atomic E-state index is -0.640. The Hall–Kier alpha value is -4.64. The molecule has 0 aliphatic carbocycles. The molecule has 5 rings (SSSR count). The zero-order valence-corrected chi connectivity index (χ0v) is 27.3. The molecule has 236 valence electrons. The second-order valence-electron chi connectivity index (χ2n) is 10.2. The molecule has 0 bridgehead atoms. The first-order valence-corrected chi connectivity index (χ1v) is 15.5. The van der Waals surface area contributed by atoms with E-state index in [4.69, 9.17) is 49.6 Å². The average molecular weight is 678 g/mol. The number of rotatable bonds is 11. The number of ether oxygens (including phenoxy) is 3. The number of carbonyl (C=O) groups excluding carboxylic acids is 2. The third-order valence-corrected chi connectivity index (χ3v) is 7.81. The monoisotopic (exact) mass is 676 g/mol. The molecule has 46 heavy (non-hydrogen) atoms. The molecule has 0 radical (unpaired) electrons. The van der Waals surface area contributed by atoms with Crippen LogP contribution in [0, 0.1) is 0 Å². The molecule has 0 unspecified atom stereocenters. The summed E-state index contributed by atoms with van der Waals surface area (Å²) in [7, 11) is 0. The molecule has 3 N–H and O–H groups in total. The fraction of sp³-hybridized carbons (Fsp3) is 0.176. The quantitative estimate of drug-likeness (QED) is 0.0705. The molecule has 1 amide bonds. The molecule has 12 heteroatoms. The zero-order chi connectivity index (χ0) is 32.6. The Balaban J connectivity index is 1.20. The molecule has 1 heterocycles. The molecule has 9 nitrogen and oxygen atoms in total. The number of allylic oxidation sites excluding steroid dienone is 1. The summed E-state index contributed by atoms with van der Waals surface area (Å²) in [4.78, 5) is 25.4. The lowest BCUT2D eigenvalue weighted by Crippen LogP contribution is -2.45. The first-order valence-electron chi connectivity index (χ1n) is 14.3. The van der Waals surface area contributed by atoms with Crippen LogP contribution in [0.5, 0.6) is 11.5 Å². The molecule has 0 saturated carbocycles. The Bertz CT molecular complexity index is 1830. The predicted molar refractivity (Wildman–Crippen MR) is 183 cm³/mol. The molecular weight excluding hydrogens is 647 g/mol. The van der Waals surface area contributed by atoms with Crippen molar-refractivity contribution < 1.29 is 23.8 Å². The van der Waals surface area contributed by atoms with Gasteiger partial charge in [0.15, 0.2) is 17.5 Å². The lowest BCUT2D eigenvalue weighted by Gasteiger charge is -2.30. The minimum absolute atomic E-state index is 0.216. The van der Waals surface area contributed by atoms with Gasteiger partial charge in [-0.2, -0.15) is 5.10 Å². The maximum atomic E-state index is 12.8. The predicted octanol–water partition coefficient (Wildman–Crippen LogP) is 6.61. The first kappa shape index (κ1) is 32.7. The summed E-state index contributed by atoms with van der Waals surface area (Å²) in [5.74, 6) is -0.260. The van der Waals surface area contributed by atoms with E-state index in [1.807, 2.05) is 42.5 Å². The van der Waals surface area contributed by atoms with Crippen LogP contribution in [-0.2, 0) is 20.9 Å². The summed E-state index contributed by atoms with van der Waals surface area (Å²) in [6.45, 7) is 3.64. The smallest absolute Gasteiger partial charge is 0.338 e. The van der Waals surface area contributed by atoms with Gasteiger partial charge in [0.1, 0.15) is 12.4 Å². The van der Waals surface area contributed by atoms with E-state index in [0.717, 1.165) is 16.3 Å². The Morgan fingerprint density at radius 3 is 2.50 bits per heavy atom. The van der Waals surface area contributed by atoms with Crippen LogP contribution < -0.4 is 25.5 Å². The van der Waals surface area contributed by atoms with E-state index in [0.29, 0.717) is 49.1 Å². The highest BCUT2D eigenvalue weighted by molar-refractivity contribution is 7.80. The molecule has 4 aromatic rings. The summed E-state index contributed by atoms with van der Waals surface area (Å²) in [5, 5.41) is 13.2. The van der Waals surface area contributed by atoms with E-state index in [9.17, 15) is 9.59 Å². The highest BCUT2D eigenvalue weighted by atomic mass is 35.5. The van der Waals surface area contributed by atoms with E-state index in [2.05, 4.69) is 21.2 Å². The number of para-hydroxylation sites is 1. The van der Waals surface area contributed by atoms with Gasteiger partial charge in [0.05, 0.1) is 34.5 Å². The van der Waals surface area contributed by atoms with Crippen molar-refractivity contribution in [2.75, 3.05) is 13.2 Å². The summed E-state index contributed by atoms with van der Waals surface area (Å²) in [5.41, 5.74) is 5.53. The minimum Gasteiger partial charge on any atom is -0.486 e. The van der Waals surface area contributed by atoms with Crippen molar-refractivity contribution >= 4 is 69.4 Å². The molecule has 1 aliphatic rings. The number of thiocarbonyl (C=S) groups is 1. The van der Waals surface area contributed by atoms with Crippen LogP contribution in [0.25, 0.3) is 10.8 Å². The fourth-order valence-corrected chi connectivity index (χ4v) is 5.86. The van der Waals surface area contributed by atoms with E-state index in [-0.39, 0.29) is 19.8 Å². The van der Waals surface area contributed by atoms with Gasteiger partial charge in [0.25, 0.3) is 5.91 Å². The van der Waals surface area contributed by atoms with Gasteiger partial charge in [-0.25, -0.2) is 10.2 Å². The lowest BCUT2D eigenvalue weighted by molar-refractivity contribution is -0.139. The van der Waals surface area contributed by atoms with Crippen molar-refractivity contribution in [2.45, 2.75) is 26.5 Å². The highest BCUT2D eigenvalue weighted by Crippen LogP contribution is 2.35. The van der Waals surface area contributed by atoms with E-state index in [1.54, 1.807) is 50.2 Å². The lowest BCUT2D eigenvalue weighted by atomic mass is 9.95. The number of halogens is 2. The SMILES string of the molecule is CCOC(=O)C1=C(C)NC(=S)N[C@H]1c1ccccc1OCC(=O)NN=Cc1cc(Cl)c(OCc2cccc3ccccc23)c(Cl)c1. The third-order valence-electron chi connectivity index (χ3n) is 7.03. The van der Waals surface area contributed by atoms with Gasteiger partial charge in [-0.15, -0.1) is 0 Å². The van der Waals surface area contributed by atoms with Crippen molar-refractivity contribution in [2.24, 2.45) is 5.10 Å². The van der Waals surface area contributed by atoms with Crippen LogP contribution in [0.1, 0.15) is 36.6 Å². The third kappa shape index (κ3) is 7.77. The number of hydrogen-bond acceptors (Lipinski definition) is 7. The molecular formula is C34H30Cl2N4O5S. The summed E-state index contributed by atoms with van der Waals surface area (Å²) in [6, 6.07) is 23.7. The molecule has 1 atom stereocenters. The molecule has 0 fully saturated rings. The molecule has 0 aromatic heterocycles. The van der Waals surface area contributed by atoms with Crippen molar-refractivity contribution in [1.82, 2.24) is 16.1 Å². The Kier molecular flexibility index (Phi) is 10.7. The maximum absolute atomic E-state index is 12.8.